The molecule has 0 fully saturated rings. The van der Waals surface area contributed by atoms with Gasteiger partial charge in [-0.15, -0.1) is 0 Å². The second kappa shape index (κ2) is 10.3. The molecule has 0 bridgehead atoms. The number of hydrogen-bond donors (Lipinski definition) is 1. The highest BCUT2D eigenvalue weighted by atomic mass is 19.4. The normalized spacial score (nSPS) is 11.3. The quantitative estimate of drug-likeness (QED) is 0.538. The van der Waals surface area contributed by atoms with Crippen LogP contribution in [0.25, 0.3) is 10.9 Å². The van der Waals surface area contributed by atoms with Crippen LogP contribution in [0.5, 0.6) is 11.5 Å². The van der Waals surface area contributed by atoms with Crippen LogP contribution in [0, 0.1) is 0 Å². The number of aromatic nitrogens is 2. The summed E-state index contributed by atoms with van der Waals surface area (Å²) in [5.74, 6) is 0.131. The molecule has 0 aliphatic carbocycles. The van der Waals surface area contributed by atoms with Crippen LogP contribution < -0.4 is 10.1 Å². The third kappa shape index (κ3) is 6.18. The van der Waals surface area contributed by atoms with Crippen LogP contribution in [0.1, 0.15) is 36.5 Å². The van der Waals surface area contributed by atoms with Gasteiger partial charge in [-0.1, -0.05) is 6.07 Å². The summed E-state index contributed by atoms with van der Waals surface area (Å²) < 4.78 is 43.4. The zero-order valence-corrected chi connectivity index (χ0v) is 18.1. The number of nitrogens with zero attached hydrogens (tertiary/aromatic N) is 3. The van der Waals surface area contributed by atoms with Crippen molar-refractivity contribution in [1.82, 2.24) is 20.2 Å². The van der Waals surface area contributed by atoms with E-state index in [9.17, 15) is 22.8 Å². The van der Waals surface area contributed by atoms with Crippen molar-refractivity contribution in [3.63, 3.8) is 0 Å². The Labute approximate surface area is 188 Å². The van der Waals surface area contributed by atoms with Crippen LogP contribution in [0.2, 0.25) is 0 Å². The fourth-order valence-corrected chi connectivity index (χ4v) is 3.15. The Hall–Kier alpha value is -3.69. The summed E-state index contributed by atoms with van der Waals surface area (Å²) in [6.45, 7) is 5.25. The Balaban J connectivity index is 1.63. The minimum absolute atomic E-state index is 0.0254. The smallest absolute Gasteiger partial charge is 0.433 e. The van der Waals surface area contributed by atoms with E-state index < -0.39 is 11.9 Å². The van der Waals surface area contributed by atoms with E-state index in [0.29, 0.717) is 29.7 Å². The molecule has 174 valence electrons. The highest BCUT2D eigenvalue weighted by Gasteiger charge is 2.32. The molecule has 0 unspecified atom stereocenters. The molecule has 0 spiro atoms. The summed E-state index contributed by atoms with van der Waals surface area (Å²) >= 11 is 0. The van der Waals surface area contributed by atoms with Crippen molar-refractivity contribution in [3.8, 4) is 11.5 Å². The fraction of sp³-hybridized carbons (Fsp3) is 0.304. The summed E-state index contributed by atoms with van der Waals surface area (Å²) in [4.78, 5) is 33.8. The van der Waals surface area contributed by atoms with Crippen molar-refractivity contribution < 1.29 is 27.5 Å². The van der Waals surface area contributed by atoms with E-state index in [2.05, 4.69) is 15.3 Å². The zero-order valence-electron chi connectivity index (χ0n) is 18.1. The SMILES string of the molecule is CCN(CC)C(=O)CCNC(=O)c1ccc2cc(Oc3ccc(C(F)(F)F)nc3)ccc2n1. The molecular formula is C23H23F3N4O3. The van der Waals surface area contributed by atoms with E-state index in [1.165, 1.54) is 6.07 Å². The van der Waals surface area contributed by atoms with Crippen LogP contribution in [-0.4, -0.2) is 46.3 Å². The lowest BCUT2D eigenvalue weighted by molar-refractivity contribution is -0.141. The average molecular weight is 460 g/mol. The number of carbonyl (C=O) groups excluding carboxylic acids is 2. The lowest BCUT2D eigenvalue weighted by Crippen LogP contribution is -2.34. The Morgan fingerprint density at radius 1 is 1.03 bits per heavy atom. The van der Waals surface area contributed by atoms with Crippen molar-refractivity contribution in [2.24, 2.45) is 0 Å². The number of nitrogens with one attached hydrogen (secondary N) is 1. The number of benzene rings is 1. The maximum Gasteiger partial charge on any atom is 0.433 e. The first kappa shape index (κ1) is 24.0. The average Bonchev–Trinajstić information content (AvgIpc) is 2.79. The maximum absolute atomic E-state index is 12.6. The molecule has 10 heteroatoms. The minimum atomic E-state index is -4.52. The summed E-state index contributed by atoms with van der Waals surface area (Å²) in [6.07, 6.45) is -3.30. The molecule has 1 aromatic carbocycles. The van der Waals surface area contributed by atoms with Crippen molar-refractivity contribution in [2.75, 3.05) is 19.6 Å². The van der Waals surface area contributed by atoms with Crippen molar-refractivity contribution >= 4 is 22.7 Å². The molecule has 3 aromatic rings. The van der Waals surface area contributed by atoms with Crippen LogP contribution in [0.15, 0.2) is 48.7 Å². The van der Waals surface area contributed by atoms with Gasteiger partial charge in [0, 0.05) is 31.4 Å². The third-order valence-electron chi connectivity index (χ3n) is 4.90. The molecule has 0 aliphatic rings. The molecule has 33 heavy (non-hydrogen) atoms. The van der Waals surface area contributed by atoms with E-state index in [1.807, 2.05) is 13.8 Å². The Morgan fingerprint density at radius 2 is 1.76 bits per heavy atom. The van der Waals surface area contributed by atoms with Gasteiger partial charge in [-0.05, 0) is 50.2 Å². The summed E-state index contributed by atoms with van der Waals surface area (Å²) in [7, 11) is 0. The van der Waals surface area contributed by atoms with E-state index in [-0.39, 0.29) is 36.2 Å². The first-order valence-electron chi connectivity index (χ1n) is 10.4. The number of halogens is 3. The van der Waals surface area contributed by atoms with Gasteiger partial charge < -0.3 is 15.0 Å². The molecule has 1 N–H and O–H groups in total. The van der Waals surface area contributed by atoms with Crippen LogP contribution in [0.4, 0.5) is 13.2 Å². The van der Waals surface area contributed by atoms with E-state index in [0.717, 1.165) is 12.3 Å². The van der Waals surface area contributed by atoms with Crippen LogP contribution >= 0.6 is 0 Å². The van der Waals surface area contributed by atoms with Gasteiger partial charge in [-0.2, -0.15) is 13.2 Å². The third-order valence-corrected chi connectivity index (χ3v) is 4.90. The van der Waals surface area contributed by atoms with Gasteiger partial charge in [0.25, 0.3) is 5.91 Å². The van der Waals surface area contributed by atoms with E-state index in [1.54, 1.807) is 35.2 Å². The number of alkyl halides is 3. The van der Waals surface area contributed by atoms with E-state index >= 15 is 0 Å². The highest BCUT2D eigenvalue weighted by molar-refractivity contribution is 5.95. The first-order valence-corrected chi connectivity index (χ1v) is 10.4. The molecular weight excluding hydrogens is 437 g/mol. The predicted octanol–water partition coefficient (Wildman–Crippen LogP) is 4.43. The second-order valence-electron chi connectivity index (χ2n) is 7.10. The molecule has 2 amide bonds. The number of hydrogen-bond acceptors (Lipinski definition) is 5. The predicted molar refractivity (Wildman–Crippen MR) is 116 cm³/mol. The van der Waals surface area contributed by atoms with Gasteiger partial charge in [0.05, 0.1) is 11.7 Å². The number of pyridine rings is 2. The summed E-state index contributed by atoms with van der Waals surface area (Å²) in [5.41, 5.74) is -0.251. The van der Waals surface area contributed by atoms with Gasteiger partial charge in [0.2, 0.25) is 5.91 Å². The molecule has 2 heterocycles. The standard InChI is InChI=1S/C23H23F3N4O3/c1-3-30(4-2)21(31)11-12-27-22(32)19-8-5-15-13-16(6-9-18(15)29-19)33-17-7-10-20(28-14-17)23(24,25)26/h5-10,13-14H,3-4,11-12H2,1-2H3,(H,27,32). The Bertz CT molecular complexity index is 1130. The Morgan fingerprint density at radius 3 is 2.39 bits per heavy atom. The largest absolute Gasteiger partial charge is 0.456 e. The summed E-state index contributed by atoms with van der Waals surface area (Å²) in [5, 5.41) is 3.38. The van der Waals surface area contributed by atoms with Crippen molar-refractivity contribution in [2.45, 2.75) is 26.4 Å². The second-order valence-corrected chi connectivity index (χ2v) is 7.10. The van der Waals surface area contributed by atoms with Gasteiger partial charge >= 0.3 is 6.18 Å². The lowest BCUT2D eigenvalue weighted by Gasteiger charge is -2.18. The Kier molecular flexibility index (Phi) is 7.47. The first-order chi connectivity index (χ1) is 15.7. The molecule has 7 nitrogen and oxygen atoms in total. The van der Waals surface area contributed by atoms with Crippen molar-refractivity contribution in [3.05, 3.63) is 60.0 Å². The van der Waals surface area contributed by atoms with Crippen LogP contribution in [0.3, 0.4) is 0 Å². The summed E-state index contributed by atoms with van der Waals surface area (Å²) in [6, 6.07) is 10.2. The molecule has 3 rings (SSSR count). The number of rotatable bonds is 8. The number of amides is 2. The highest BCUT2D eigenvalue weighted by Crippen LogP contribution is 2.30. The van der Waals surface area contributed by atoms with Gasteiger partial charge in [0.15, 0.2) is 0 Å². The number of carbonyl (C=O) groups is 2. The van der Waals surface area contributed by atoms with Gasteiger partial charge in [-0.25, -0.2) is 9.97 Å². The molecule has 2 aromatic heterocycles. The molecule has 0 saturated carbocycles. The van der Waals surface area contributed by atoms with Crippen molar-refractivity contribution in [1.29, 1.82) is 0 Å². The lowest BCUT2D eigenvalue weighted by atomic mass is 10.2. The maximum atomic E-state index is 12.6. The number of fused-ring (bicyclic) bond motifs is 1. The monoisotopic (exact) mass is 460 g/mol. The molecule has 0 saturated heterocycles. The topological polar surface area (TPSA) is 84.4 Å². The zero-order chi connectivity index (χ0) is 24.0. The molecule has 0 aliphatic heterocycles. The van der Waals surface area contributed by atoms with E-state index in [4.69, 9.17) is 4.74 Å². The van der Waals surface area contributed by atoms with Gasteiger partial charge in [-0.3, -0.25) is 9.59 Å². The minimum Gasteiger partial charge on any atom is -0.456 e. The molecule has 0 atom stereocenters. The number of ether oxygens (including phenoxy) is 1. The van der Waals surface area contributed by atoms with Gasteiger partial charge in [0.1, 0.15) is 22.9 Å². The molecule has 0 radical (unpaired) electrons. The fourth-order valence-electron chi connectivity index (χ4n) is 3.15. The van der Waals surface area contributed by atoms with Crippen LogP contribution in [-0.2, 0) is 11.0 Å².